The second-order valence-corrected chi connectivity index (χ2v) is 7.69. The number of piperidine rings is 1. The van der Waals surface area contributed by atoms with Crippen molar-refractivity contribution in [2.24, 2.45) is 5.92 Å². The lowest BCUT2D eigenvalue weighted by atomic mass is 9.95. The molecule has 1 aromatic carbocycles. The number of anilines is 2. The minimum atomic E-state index is -0.155. The minimum Gasteiger partial charge on any atom is -0.342 e. The van der Waals surface area contributed by atoms with Gasteiger partial charge in [-0.3, -0.25) is 14.4 Å². The molecule has 27 heavy (non-hydrogen) atoms. The molecule has 1 aromatic heterocycles. The van der Waals surface area contributed by atoms with Crippen LogP contribution in [0.1, 0.15) is 24.6 Å². The van der Waals surface area contributed by atoms with Crippen LogP contribution in [-0.2, 0) is 20.8 Å². The number of carbonyl (C=O) groups is 3. The second-order valence-electron chi connectivity index (χ2n) is 6.66. The number of thiophene rings is 1. The van der Waals surface area contributed by atoms with Gasteiger partial charge in [0, 0.05) is 42.2 Å². The first kappa shape index (κ1) is 19.1. The van der Waals surface area contributed by atoms with E-state index < -0.39 is 0 Å². The fourth-order valence-corrected chi connectivity index (χ4v) is 3.88. The van der Waals surface area contributed by atoms with Crippen LogP contribution in [0.4, 0.5) is 11.4 Å². The van der Waals surface area contributed by atoms with Gasteiger partial charge in [0.1, 0.15) is 0 Å². The predicted molar refractivity (Wildman–Crippen MR) is 107 cm³/mol. The largest absolute Gasteiger partial charge is 0.342 e. The Morgan fingerprint density at radius 1 is 1.07 bits per heavy atom. The van der Waals surface area contributed by atoms with E-state index in [0.717, 1.165) is 4.88 Å². The second kappa shape index (κ2) is 8.81. The normalized spacial score (nSPS) is 14.6. The van der Waals surface area contributed by atoms with Gasteiger partial charge in [0.15, 0.2) is 0 Å². The molecule has 2 aromatic rings. The topological polar surface area (TPSA) is 78.5 Å². The first-order chi connectivity index (χ1) is 13.0. The van der Waals surface area contributed by atoms with Gasteiger partial charge < -0.3 is 15.5 Å². The molecule has 1 aliphatic heterocycles. The van der Waals surface area contributed by atoms with Crippen molar-refractivity contribution in [3.8, 4) is 0 Å². The molecule has 0 radical (unpaired) electrons. The third kappa shape index (κ3) is 5.40. The average Bonchev–Trinajstić information content (AvgIpc) is 3.14. The number of nitrogens with one attached hydrogen (secondary N) is 2. The van der Waals surface area contributed by atoms with Crippen LogP contribution < -0.4 is 10.6 Å². The molecule has 142 valence electrons. The molecule has 3 amide bonds. The average molecular weight is 385 g/mol. The minimum absolute atomic E-state index is 0.0414. The van der Waals surface area contributed by atoms with Crippen LogP contribution in [0.15, 0.2) is 41.8 Å². The Kier molecular flexibility index (Phi) is 6.24. The van der Waals surface area contributed by atoms with Gasteiger partial charge in [-0.15, -0.1) is 11.3 Å². The van der Waals surface area contributed by atoms with Crippen molar-refractivity contribution in [1.29, 1.82) is 0 Å². The number of hydrogen-bond acceptors (Lipinski definition) is 4. The van der Waals surface area contributed by atoms with Crippen molar-refractivity contribution in [2.45, 2.75) is 26.2 Å². The molecule has 6 nitrogen and oxygen atoms in total. The molecule has 0 bridgehead atoms. The lowest BCUT2D eigenvalue weighted by Crippen LogP contribution is -2.42. The highest BCUT2D eigenvalue weighted by Gasteiger charge is 2.27. The van der Waals surface area contributed by atoms with Crippen molar-refractivity contribution in [3.63, 3.8) is 0 Å². The Morgan fingerprint density at radius 2 is 1.78 bits per heavy atom. The van der Waals surface area contributed by atoms with Crippen molar-refractivity contribution >= 4 is 40.4 Å². The zero-order valence-corrected chi connectivity index (χ0v) is 16.1. The van der Waals surface area contributed by atoms with Gasteiger partial charge in [-0.2, -0.15) is 0 Å². The molecule has 0 atom stereocenters. The van der Waals surface area contributed by atoms with E-state index in [4.69, 9.17) is 0 Å². The molecule has 0 spiro atoms. The van der Waals surface area contributed by atoms with Gasteiger partial charge in [0.2, 0.25) is 17.7 Å². The van der Waals surface area contributed by atoms with Crippen molar-refractivity contribution < 1.29 is 14.4 Å². The maximum atomic E-state index is 12.5. The fourth-order valence-electron chi connectivity index (χ4n) is 3.19. The standard InChI is InChI=1S/C20H23N3O3S/c1-14(24)21-16-4-2-5-17(12-16)22-20(26)15-7-9-23(10-8-15)19(25)13-18-6-3-11-27-18/h2-6,11-12,15H,7-10,13H2,1H3,(H,21,24)(H,22,26). The zero-order chi connectivity index (χ0) is 19.2. The third-order valence-electron chi connectivity index (χ3n) is 4.57. The van der Waals surface area contributed by atoms with Crippen molar-refractivity contribution in [3.05, 3.63) is 46.7 Å². The Labute approximate surface area is 162 Å². The fraction of sp³-hybridized carbons (Fsp3) is 0.350. The van der Waals surface area contributed by atoms with Crippen LogP contribution in [-0.4, -0.2) is 35.7 Å². The summed E-state index contributed by atoms with van der Waals surface area (Å²) in [6.45, 7) is 2.65. The maximum absolute atomic E-state index is 12.5. The van der Waals surface area contributed by atoms with Crippen LogP contribution in [0.3, 0.4) is 0 Å². The van der Waals surface area contributed by atoms with E-state index >= 15 is 0 Å². The molecule has 2 heterocycles. The van der Waals surface area contributed by atoms with Crippen LogP contribution in [0.25, 0.3) is 0 Å². The van der Waals surface area contributed by atoms with Gasteiger partial charge in [0.05, 0.1) is 6.42 Å². The van der Waals surface area contributed by atoms with Gasteiger partial charge in [0.25, 0.3) is 0 Å². The van der Waals surface area contributed by atoms with Gasteiger partial charge in [-0.25, -0.2) is 0 Å². The lowest BCUT2D eigenvalue weighted by molar-refractivity contribution is -0.133. The van der Waals surface area contributed by atoms with E-state index in [0.29, 0.717) is 43.7 Å². The summed E-state index contributed by atoms with van der Waals surface area (Å²) in [5.41, 5.74) is 1.30. The summed E-state index contributed by atoms with van der Waals surface area (Å²) < 4.78 is 0. The summed E-state index contributed by atoms with van der Waals surface area (Å²) in [5.74, 6) is -0.182. The monoisotopic (exact) mass is 385 g/mol. The highest BCUT2D eigenvalue weighted by molar-refractivity contribution is 7.10. The first-order valence-corrected chi connectivity index (χ1v) is 9.88. The SMILES string of the molecule is CC(=O)Nc1cccc(NC(=O)C2CCN(C(=O)Cc3cccs3)CC2)c1. The van der Waals surface area contributed by atoms with E-state index in [-0.39, 0.29) is 23.6 Å². The van der Waals surface area contributed by atoms with E-state index in [9.17, 15) is 14.4 Å². The van der Waals surface area contributed by atoms with Crippen LogP contribution in [0, 0.1) is 5.92 Å². The number of likely N-dealkylation sites (tertiary alicyclic amines) is 1. The highest BCUT2D eigenvalue weighted by atomic mass is 32.1. The van der Waals surface area contributed by atoms with Crippen molar-refractivity contribution in [1.82, 2.24) is 4.90 Å². The maximum Gasteiger partial charge on any atom is 0.227 e. The van der Waals surface area contributed by atoms with E-state index in [1.165, 1.54) is 6.92 Å². The summed E-state index contributed by atoms with van der Waals surface area (Å²) in [7, 11) is 0. The Hall–Kier alpha value is -2.67. The van der Waals surface area contributed by atoms with E-state index in [1.807, 2.05) is 22.4 Å². The van der Waals surface area contributed by atoms with Crippen LogP contribution >= 0.6 is 11.3 Å². The molecule has 1 saturated heterocycles. The molecule has 3 rings (SSSR count). The number of nitrogens with zero attached hydrogens (tertiary/aromatic N) is 1. The third-order valence-corrected chi connectivity index (χ3v) is 5.45. The van der Waals surface area contributed by atoms with Gasteiger partial charge in [-0.1, -0.05) is 12.1 Å². The molecule has 1 aliphatic rings. The molecule has 0 aliphatic carbocycles. The molecule has 7 heteroatoms. The Balaban J connectivity index is 1.50. The van der Waals surface area contributed by atoms with Gasteiger partial charge in [-0.05, 0) is 42.5 Å². The van der Waals surface area contributed by atoms with Crippen molar-refractivity contribution in [2.75, 3.05) is 23.7 Å². The highest BCUT2D eigenvalue weighted by Crippen LogP contribution is 2.22. The number of amides is 3. The van der Waals surface area contributed by atoms with Crippen LogP contribution in [0.2, 0.25) is 0 Å². The number of benzene rings is 1. The summed E-state index contributed by atoms with van der Waals surface area (Å²) in [4.78, 5) is 39.0. The van der Waals surface area contributed by atoms with E-state index in [2.05, 4.69) is 10.6 Å². The quantitative estimate of drug-likeness (QED) is 0.830. The Bertz CT molecular complexity index is 812. The summed E-state index contributed by atoms with van der Waals surface area (Å²) in [6.07, 6.45) is 1.76. The number of carbonyl (C=O) groups excluding carboxylic acids is 3. The molecule has 0 unspecified atom stereocenters. The number of hydrogen-bond donors (Lipinski definition) is 2. The summed E-state index contributed by atoms with van der Waals surface area (Å²) in [5, 5.41) is 7.59. The zero-order valence-electron chi connectivity index (χ0n) is 15.2. The van der Waals surface area contributed by atoms with E-state index in [1.54, 1.807) is 35.6 Å². The van der Waals surface area contributed by atoms with Gasteiger partial charge >= 0.3 is 0 Å². The molecular weight excluding hydrogens is 362 g/mol. The number of rotatable bonds is 5. The first-order valence-electron chi connectivity index (χ1n) is 9.00. The molecular formula is C20H23N3O3S. The molecule has 2 N–H and O–H groups in total. The Morgan fingerprint density at radius 3 is 2.41 bits per heavy atom. The summed E-state index contributed by atoms with van der Waals surface area (Å²) >= 11 is 1.59. The molecule has 1 fully saturated rings. The lowest BCUT2D eigenvalue weighted by Gasteiger charge is -2.31. The van der Waals surface area contributed by atoms with Crippen LogP contribution in [0.5, 0.6) is 0 Å². The molecule has 0 saturated carbocycles. The predicted octanol–water partition coefficient (Wildman–Crippen LogP) is 3.13. The summed E-state index contributed by atoms with van der Waals surface area (Å²) in [6, 6.07) is 11.0. The smallest absolute Gasteiger partial charge is 0.227 e.